The molecule has 4 heteroatoms. The van der Waals surface area contributed by atoms with Crippen molar-refractivity contribution < 1.29 is 14.2 Å². The molecule has 1 heterocycles. The lowest BCUT2D eigenvalue weighted by Crippen LogP contribution is -2.06. The van der Waals surface area contributed by atoms with E-state index in [1.807, 2.05) is 24.3 Å². The van der Waals surface area contributed by atoms with Crippen molar-refractivity contribution in [3.63, 3.8) is 0 Å². The summed E-state index contributed by atoms with van der Waals surface area (Å²) in [6, 6.07) is 14.8. The van der Waals surface area contributed by atoms with Crippen LogP contribution in [0.3, 0.4) is 0 Å². The fourth-order valence-corrected chi connectivity index (χ4v) is 1.99. The molecule has 3 nitrogen and oxygen atoms in total. The predicted molar refractivity (Wildman–Crippen MR) is 73.7 cm³/mol. The summed E-state index contributed by atoms with van der Waals surface area (Å²) < 4.78 is 18.4. The second-order valence-corrected chi connectivity index (χ2v) is 4.35. The summed E-state index contributed by atoms with van der Waals surface area (Å²) in [5.41, 5.74) is 1.16. The van der Waals surface area contributed by atoms with Gasteiger partial charge in [0.1, 0.15) is 17.1 Å². The Morgan fingerprint density at radius 2 is 1.75 bits per heavy atom. The number of ether oxygens (including phenoxy) is 1. The lowest BCUT2D eigenvalue weighted by molar-refractivity contribution is -0.0184. The average Bonchev–Trinajstić information content (AvgIpc) is 2.48. The molecule has 0 amide bonds. The summed E-state index contributed by atoms with van der Waals surface area (Å²) in [6.45, 7) is 0. The van der Waals surface area contributed by atoms with Crippen molar-refractivity contribution in [2.45, 2.75) is 6.29 Å². The van der Waals surface area contributed by atoms with Crippen molar-refractivity contribution in [3.8, 4) is 5.75 Å². The standard InChI is InChI=1S/C16H12FNO2/c17-13-8-6-12(7-9-13)16(19)20-14-5-1-3-11-4-2-10-18-15(11)14/h1-10,16,19H. The van der Waals surface area contributed by atoms with E-state index in [0.717, 1.165) is 5.39 Å². The Labute approximate surface area is 115 Å². The van der Waals surface area contributed by atoms with E-state index in [1.54, 1.807) is 12.3 Å². The lowest BCUT2D eigenvalue weighted by atomic mass is 10.2. The highest BCUT2D eigenvalue weighted by Crippen LogP contribution is 2.27. The first kappa shape index (κ1) is 12.6. The number of hydrogen-bond acceptors (Lipinski definition) is 3. The molecular weight excluding hydrogens is 257 g/mol. The normalized spacial score (nSPS) is 12.3. The third-order valence-electron chi connectivity index (χ3n) is 2.99. The van der Waals surface area contributed by atoms with E-state index in [2.05, 4.69) is 4.98 Å². The molecule has 0 aliphatic carbocycles. The number of aromatic nitrogens is 1. The van der Waals surface area contributed by atoms with E-state index < -0.39 is 6.29 Å². The predicted octanol–water partition coefficient (Wildman–Crippen LogP) is 3.44. The molecule has 1 unspecified atom stereocenters. The SMILES string of the molecule is OC(Oc1cccc2cccnc12)c1ccc(F)cc1. The smallest absolute Gasteiger partial charge is 0.224 e. The number of benzene rings is 2. The van der Waals surface area contributed by atoms with Crippen LogP contribution in [0.25, 0.3) is 10.9 Å². The maximum absolute atomic E-state index is 12.9. The third kappa shape index (κ3) is 2.46. The zero-order valence-electron chi connectivity index (χ0n) is 10.5. The van der Waals surface area contributed by atoms with E-state index in [4.69, 9.17) is 4.74 Å². The highest BCUT2D eigenvalue weighted by atomic mass is 19.1. The summed E-state index contributed by atoms with van der Waals surface area (Å²) >= 11 is 0. The molecule has 1 atom stereocenters. The largest absolute Gasteiger partial charge is 0.459 e. The molecule has 2 aromatic carbocycles. The third-order valence-corrected chi connectivity index (χ3v) is 2.99. The summed E-state index contributed by atoms with van der Waals surface area (Å²) in [5, 5.41) is 11.0. The number of aliphatic hydroxyl groups excluding tert-OH is 1. The van der Waals surface area contributed by atoms with Crippen LogP contribution in [-0.2, 0) is 0 Å². The van der Waals surface area contributed by atoms with E-state index in [-0.39, 0.29) is 5.82 Å². The van der Waals surface area contributed by atoms with Crippen LogP contribution in [0.15, 0.2) is 60.8 Å². The number of hydrogen-bond donors (Lipinski definition) is 1. The zero-order valence-corrected chi connectivity index (χ0v) is 10.5. The Kier molecular flexibility index (Phi) is 3.31. The van der Waals surface area contributed by atoms with Crippen molar-refractivity contribution in [1.82, 2.24) is 4.98 Å². The van der Waals surface area contributed by atoms with Gasteiger partial charge in [0, 0.05) is 17.1 Å². The molecule has 100 valence electrons. The Balaban J connectivity index is 1.91. The van der Waals surface area contributed by atoms with Crippen LogP contribution in [0.5, 0.6) is 5.75 Å². The van der Waals surface area contributed by atoms with E-state index >= 15 is 0 Å². The van der Waals surface area contributed by atoms with Gasteiger partial charge in [-0.2, -0.15) is 0 Å². The quantitative estimate of drug-likeness (QED) is 0.740. The number of nitrogens with zero attached hydrogens (tertiary/aromatic N) is 1. The van der Waals surface area contributed by atoms with Crippen molar-refractivity contribution >= 4 is 10.9 Å². The number of para-hydroxylation sites is 1. The summed E-state index contributed by atoms with van der Waals surface area (Å²) in [6.07, 6.45) is 0.502. The molecular formula is C16H12FNO2. The molecule has 0 bridgehead atoms. The second kappa shape index (κ2) is 5.27. The number of rotatable bonds is 3. The second-order valence-electron chi connectivity index (χ2n) is 4.35. The topological polar surface area (TPSA) is 42.4 Å². The van der Waals surface area contributed by atoms with E-state index in [1.165, 1.54) is 24.3 Å². The van der Waals surface area contributed by atoms with Crippen molar-refractivity contribution in [2.75, 3.05) is 0 Å². The number of aliphatic hydroxyl groups is 1. The van der Waals surface area contributed by atoms with E-state index in [9.17, 15) is 9.50 Å². The van der Waals surface area contributed by atoms with Gasteiger partial charge in [0.2, 0.25) is 6.29 Å². The van der Waals surface area contributed by atoms with Crippen LogP contribution in [0.4, 0.5) is 4.39 Å². The molecule has 0 aliphatic heterocycles. The first-order valence-corrected chi connectivity index (χ1v) is 6.18. The molecule has 0 spiro atoms. The fraction of sp³-hybridized carbons (Fsp3) is 0.0625. The maximum atomic E-state index is 12.9. The first-order chi connectivity index (χ1) is 9.74. The van der Waals surface area contributed by atoms with Crippen LogP contribution in [-0.4, -0.2) is 10.1 Å². The Bertz CT molecular complexity index is 723. The van der Waals surface area contributed by atoms with Gasteiger partial charge in [-0.1, -0.05) is 18.2 Å². The number of halogens is 1. The monoisotopic (exact) mass is 269 g/mol. The van der Waals surface area contributed by atoms with Gasteiger partial charge < -0.3 is 9.84 Å². The van der Waals surface area contributed by atoms with Gasteiger partial charge in [-0.25, -0.2) is 4.39 Å². The average molecular weight is 269 g/mol. The molecule has 1 N–H and O–H groups in total. The molecule has 0 radical (unpaired) electrons. The van der Waals surface area contributed by atoms with Crippen LogP contribution < -0.4 is 4.74 Å². The summed E-state index contributed by atoms with van der Waals surface area (Å²) in [4.78, 5) is 4.25. The van der Waals surface area contributed by atoms with Gasteiger partial charge in [-0.05, 0) is 36.4 Å². The molecule has 0 aliphatic rings. The van der Waals surface area contributed by atoms with Crippen molar-refractivity contribution in [3.05, 3.63) is 72.2 Å². The molecule has 20 heavy (non-hydrogen) atoms. The van der Waals surface area contributed by atoms with Crippen LogP contribution >= 0.6 is 0 Å². The van der Waals surface area contributed by atoms with Crippen LogP contribution in [0, 0.1) is 5.82 Å². The van der Waals surface area contributed by atoms with Crippen LogP contribution in [0.2, 0.25) is 0 Å². The molecule has 3 rings (SSSR count). The Morgan fingerprint density at radius 3 is 2.55 bits per heavy atom. The number of fused-ring (bicyclic) bond motifs is 1. The van der Waals surface area contributed by atoms with Crippen LogP contribution in [0.1, 0.15) is 11.9 Å². The molecule has 1 aromatic heterocycles. The Hall–Kier alpha value is -2.46. The minimum absolute atomic E-state index is 0.354. The minimum Gasteiger partial charge on any atom is -0.459 e. The summed E-state index contributed by atoms with van der Waals surface area (Å²) in [7, 11) is 0. The first-order valence-electron chi connectivity index (χ1n) is 6.18. The number of pyridine rings is 1. The lowest BCUT2D eigenvalue weighted by Gasteiger charge is -2.14. The summed E-state index contributed by atoms with van der Waals surface area (Å²) in [5.74, 6) is 0.132. The maximum Gasteiger partial charge on any atom is 0.224 e. The molecule has 0 saturated carbocycles. The highest BCUT2D eigenvalue weighted by molar-refractivity contribution is 5.84. The van der Waals surface area contributed by atoms with Gasteiger partial charge in [0.15, 0.2) is 0 Å². The van der Waals surface area contributed by atoms with Gasteiger partial charge in [0.05, 0.1) is 0 Å². The molecule has 0 saturated heterocycles. The van der Waals surface area contributed by atoms with Crippen molar-refractivity contribution in [1.29, 1.82) is 0 Å². The minimum atomic E-state index is -1.16. The van der Waals surface area contributed by atoms with Gasteiger partial charge in [-0.15, -0.1) is 0 Å². The molecule has 3 aromatic rings. The zero-order chi connectivity index (χ0) is 13.9. The van der Waals surface area contributed by atoms with Gasteiger partial charge >= 0.3 is 0 Å². The fourth-order valence-electron chi connectivity index (χ4n) is 1.99. The van der Waals surface area contributed by atoms with Gasteiger partial charge in [0.25, 0.3) is 0 Å². The molecule has 0 fully saturated rings. The highest BCUT2D eigenvalue weighted by Gasteiger charge is 2.11. The van der Waals surface area contributed by atoms with Gasteiger partial charge in [-0.3, -0.25) is 4.98 Å². The Morgan fingerprint density at radius 1 is 1.00 bits per heavy atom. The van der Waals surface area contributed by atoms with Crippen molar-refractivity contribution in [2.24, 2.45) is 0 Å². The van der Waals surface area contributed by atoms with E-state index in [0.29, 0.717) is 16.8 Å².